The minimum atomic E-state index is -4.80. The van der Waals surface area contributed by atoms with E-state index in [1.807, 2.05) is 37.2 Å². The third-order valence-corrected chi connectivity index (χ3v) is 6.37. The minimum absolute atomic E-state index is 0.00746. The lowest BCUT2D eigenvalue weighted by Crippen LogP contribution is -2.46. The van der Waals surface area contributed by atoms with Gasteiger partial charge in [-0.1, -0.05) is 13.0 Å². The number of nitrogens with one attached hydrogen (secondary N) is 3. The number of halogens is 3. The molecule has 1 aliphatic heterocycles. The molecule has 13 heteroatoms. The Kier molecular flexibility index (Phi) is 13.3. The number of amides is 1. The number of carboxylic acid groups (broad SMARTS) is 1. The number of aryl methyl sites for hydroxylation is 2. The maximum atomic E-state index is 13.3. The number of alkyl halides is 3. The fraction of sp³-hybridized carbons (Fsp3) is 0.630. The zero-order chi connectivity index (χ0) is 29.7. The fourth-order valence-electron chi connectivity index (χ4n) is 4.22. The van der Waals surface area contributed by atoms with Crippen LogP contribution in [-0.4, -0.2) is 91.4 Å². The normalized spacial score (nSPS) is 14.4. The number of nitrogens with zero attached hydrogens (tertiary/aromatic N) is 3. The molecule has 1 aromatic heterocycles. The van der Waals surface area contributed by atoms with Gasteiger partial charge in [0.05, 0.1) is 18.3 Å². The predicted octanol–water partition coefficient (Wildman–Crippen LogP) is 3.14. The zero-order valence-electron chi connectivity index (χ0n) is 23.6. The topological polar surface area (TPSA) is 128 Å². The minimum Gasteiger partial charge on any atom is -0.480 e. The Labute approximate surface area is 233 Å². The van der Waals surface area contributed by atoms with Crippen molar-refractivity contribution in [3.8, 4) is 0 Å². The van der Waals surface area contributed by atoms with Crippen LogP contribution < -0.4 is 16.0 Å². The first kappa shape index (κ1) is 33.0. The lowest BCUT2D eigenvalue weighted by Gasteiger charge is -2.25. The number of rotatable bonds is 17. The van der Waals surface area contributed by atoms with Crippen molar-refractivity contribution in [1.82, 2.24) is 20.5 Å². The van der Waals surface area contributed by atoms with Crippen molar-refractivity contribution < 1.29 is 32.6 Å². The average Bonchev–Trinajstić information content (AvgIpc) is 2.91. The third-order valence-electron chi connectivity index (χ3n) is 6.37. The predicted molar refractivity (Wildman–Crippen MR) is 147 cm³/mol. The summed E-state index contributed by atoms with van der Waals surface area (Å²) in [5.41, 5.74) is 0.158. The largest absolute Gasteiger partial charge is 0.480 e. The summed E-state index contributed by atoms with van der Waals surface area (Å²) in [6.45, 7) is 7.56. The molecular formula is C27H41F3N6O4. The molecule has 2 heterocycles. The Balaban J connectivity index is 1.98. The Bertz CT molecular complexity index is 1050. The molecule has 4 N–H and O–H groups in total. The van der Waals surface area contributed by atoms with Crippen LogP contribution in [0.3, 0.4) is 0 Å². The van der Waals surface area contributed by atoms with Gasteiger partial charge in [-0.2, -0.15) is 13.2 Å². The second-order valence-corrected chi connectivity index (χ2v) is 9.72. The molecule has 0 saturated heterocycles. The highest BCUT2D eigenvalue weighted by Crippen LogP contribution is 2.27. The van der Waals surface area contributed by atoms with Crippen LogP contribution in [0.15, 0.2) is 28.4 Å². The fourth-order valence-corrected chi connectivity index (χ4v) is 4.22. The van der Waals surface area contributed by atoms with Gasteiger partial charge in [0, 0.05) is 32.0 Å². The number of hydrogen-bond donors (Lipinski definition) is 4. The van der Waals surface area contributed by atoms with E-state index in [0.717, 1.165) is 49.0 Å². The molecule has 0 spiro atoms. The van der Waals surface area contributed by atoms with Gasteiger partial charge in [-0.3, -0.25) is 9.79 Å². The van der Waals surface area contributed by atoms with Crippen LogP contribution in [0.2, 0.25) is 0 Å². The summed E-state index contributed by atoms with van der Waals surface area (Å²) in [4.78, 5) is 34.8. The van der Waals surface area contributed by atoms with E-state index < -0.39 is 35.4 Å². The molecule has 0 saturated carbocycles. The number of unbranched alkanes of at least 4 members (excludes halogenated alkanes) is 1. The number of aliphatic imine (C=N–C) groups is 1. The first-order valence-corrected chi connectivity index (χ1v) is 13.6. The van der Waals surface area contributed by atoms with Gasteiger partial charge in [0.1, 0.15) is 24.2 Å². The van der Waals surface area contributed by atoms with Crippen molar-refractivity contribution in [2.75, 3.05) is 45.3 Å². The van der Waals surface area contributed by atoms with Crippen molar-refractivity contribution in [1.29, 1.82) is 0 Å². The molecule has 1 atom stereocenters. The van der Waals surface area contributed by atoms with Crippen LogP contribution >= 0.6 is 0 Å². The Morgan fingerprint density at radius 1 is 1.20 bits per heavy atom. The lowest BCUT2D eigenvalue weighted by molar-refractivity contribution is -0.141. The van der Waals surface area contributed by atoms with Gasteiger partial charge in [0.25, 0.3) is 5.91 Å². The molecule has 0 aliphatic carbocycles. The van der Waals surface area contributed by atoms with Crippen LogP contribution in [0.25, 0.3) is 0 Å². The second kappa shape index (κ2) is 16.2. The van der Waals surface area contributed by atoms with Gasteiger partial charge >= 0.3 is 12.1 Å². The molecule has 40 heavy (non-hydrogen) atoms. The molecule has 0 aromatic carbocycles. The van der Waals surface area contributed by atoms with Crippen molar-refractivity contribution in [2.45, 2.75) is 71.2 Å². The van der Waals surface area contributed by atoms with Crippen molar-refractivity contribution in [3.63, 3.8) is 0 Å². The van der Waals surface area contributed by atoms with Gasteiger partial charge in [-0.05, 0) is 64.1 Å². The highest BCUT2D eigenvalue weighted by molar-refractivity contribution is 6.14. The lowest BCUT2D eigenvalue weighted by atomic mass is 10.1. The van der Waals surface area contributed by atoms with E-state index in [2.05, 4.69) is 33.6 Å². The highest BCUT2D eigenvalue weighted by atomic mass is 19.4. The molecule has 2 rings (SSSR count). The number of carbonyl (C=O) groups is 2. The van der Waals surface area contributed by atoms with E-state index >= 15 is 0 Å². The molecule has 1 aromatic rings. The number of carbonyl (C=O) groups excluding carboxylic acids is 1. The second-order valence-electron chi connectivity index (χ2n) is 9.72. The van der Waals surface area contributed by atoms with E-state index in [4.69, 9.17) is 4.74 Å². The van der Waals surface area contributed by atoms with Crippen LogP contribution in [0.1, 0.15) is 51.3 Å². The van der Waals surface area contributed by atoms with Gasteiger partial charge in [0.2, 0.25) is 0 Å². The van der Waals surface area contributed by atoms with Crippen molar-refractivity contribution in [3.05, 3.63) is 34.7 Å². The van der Waals surface area contributed by atoms with E-state index in [9.17, 15) is 27.9 Å². The summed E-state index contributed by atoms with van der Waals surface area (Å²) < 4.78 is 45.6. The SMILES string of the molecule is CCc1ccc(CCCCN(CCOC(C)C)CCC(NC(=O)C2=C(C(F)(F)F)NCN=C2)C(=O)O)nc1NC. The van der Waals surface area contributed by atoms with Crippen LogP contribution in [0.4, 0.5) is 19.0 Å². The molecule has 1 aliphatic rings. The van der Waals surface area contributed by atoms with Gasteiger partial charge in [0.15, 0.2) is 0 Å². The quantitative estimate of drug-likeness (QED) is 0.210. The number of hydrogen-bond acceptors (Lipinski definition) is 8. The number of allylic oxidation sites excluding steroid dienone is 1. The highest BCUT2D eigenvalue weighted by Gasteiger charge is 2.39. The standard InChI is InChI=1S/C27H41F3N6O4/c1-5-19-9-10-20(34-24(19)31-4)8-6-7-12-36(14-15-40-18(2)3)13-11-22(26(38)39)35-25(37)21-16-32-17-33-23(21)27(28,29)30/h9-10,16,18,22,33H,5-8,11-15,17H2,1-4H3,(H,31,34)(H,35,37)(H,38,39). The molecule has 1 unspecified atom stereocenters. The summed E-state index contributed by atoms with van der Waals surface area (Å²) in [6, 6.07) is 2.73. The summed E-state index contributed by atoms with van der Waals surface area (Å²) in [7, 11) is 1.85. The van der Waals surface area contributed by atoms with Gasteiger partial charge in [-0.15, -0.1) is 0 Å². The molecular weight excluding hydrogens is 529 g/mol. The van der Waals surface area contributed by atoms with Crippen LogP contribution in [0.5, 0.6) is 0 Å². The molecule has 1 amide bonds. The Hall–Kier alpha value is -3.19. The molecule has 0 radical (unpaired) electrons. The first-order valence-electron chi connectivity index (χ1n) is 13.6. The average molecular weight is 571 g/mol. The van der Waals surface area contributed by atoms with Crippen LogP contribution in [0, 0.1) is 0 Å². The summed E-state index contributed by atoms with van der Waals surface area (Å²) in [6.07, 6.45) is -0.581. The smallest absolute Gasteiger partial charge is 0.431 e. The van der Waals surface area contributed by atoms with E-state index in [0.29, 0.717) is 26.2 Å². The molecule has 10 nitrogen and oxygen atoms in total. The maximum absolute atomic E-state index is 13.3. The number of aliphatic carboxylic acids is 1. The zero-order valence-corrected chi connectivity index (χ0v) is 23.6. The number of carboxylic acids is 1. The van der Waals surface area contributed by atoms with Crippen molar-refractivity contribution >= 4 is 23.9 Å². The summed E-state index contributed by atoms with van der Waals surface area (Å²) in [5, 5.41) is 17.1. The van der Waals surface area contributed by atoms with E-state index in [-0.39, 0.29) is 19.2 Å². The summed E-state index contributed by atoms with van der Waals surface area (Å²) >= 11 is 0. The van der Waals surface area contributed by atoms with Crippen molar-refractivity contribution in [2.24, 2.45) is 4.99 Å². The first-order chi connectivity index (χ1) is 19.0. The Morgan fingerprint density at radius 3 is 2.58 bits per heavy atom. The van der Waals surface area contributed by atoms with Gasteiger partial charge < -0.3 is 30.7 Å². The monoisotopic (exact) mass is 570 g/mol. The summed E-state index contributed by atoms with van der Waals surface area (Å²) in [5.74, 6) is -1.60. The molecule has 0 fully saturated rings. The Morgan fingerprint density at radius 2 is 1.95 bits per heavy atom. The molecule has 0 bridgehead atoms. The van der Waals surface area contributed by atoms with Crippen LogP contribution in [-0.2, 0) is 27.2 Å². The van der Waals surface area contributed by atoms with E-state index in [1.54, 1.807) is 0 Å². The number of ether oxygens (including phenoxy) is 1. The van der Waals surface area contributed by atoms with Gasteiger partial charge in [-0.25, -0.2) is 9.78 Å². The number of aromatic nitrogens is 1. The number of pyridine rings is 1. The maximum Gasteiger partial charge on any atom is 0.431 e. The van der Waals surface area contributed by atoms with E-state index in [1.165, 1.54) is 0 Å². The number of anilines is 1. The molecule has 224 valence electrons. The third kappa shape index (κ3) is 10.8.